The first-order valence-electron chi connectivity index (χ1n) is 6.93. The Morgan fingerprint density at radius 3 is 3.10 bits per heavy atom. The Morgan fingerprint density at radius 2 is 2.24 bits per heavy atom. The van der Waals surface area contributed by atoms with Gasteiger partial charge < -0.3 is 4.52 Å². The fraction of sp³-hybridized carbons (Fsp3) is 0.267. The molecular weight excluding hydrogens is 284 g/mol. The van der Waals surface area contributed by atoms with Crippen LogP contribution in [0.3, 0.4) is 0 Å². The molecule has 3 heterocycles. The van der Waals surface area contributed by atoms with Gasteiger partial charge in [-0.3, -0.25) is 4.68 Å². The minimum atomic E-state index is 0.244. The molecule has 0 unspecified atom stereocenters. The molecule has 3 aromatic rings. The average Bonchev–Trinajstić information content (AvgIpc) is 3.24. The Hall–Kier alpha value is -2.08. The highest BCUT2D eigenvalue weighted by atomic mass is 32.2. The van der Waals surface area contributed by atoms with Gasteiger partial charge in [-0.05, 0) is 24.1 Å². The Bertz CT molecular complexity index is 713. The third-order valence-corrected chi connectivity index (χ3v) is 4.84. The minimum absolute atomic E-state index is 0.244. The molecule has 0 radical (unpaired) electrons. The van der Waals surface area contributed by atoms with E-state index in [1.54, 1.807) is 18.0 Å². The van der Waals surface area contributed by atoms with Gasteiger partial charge in [0.2, 0.25) is 5.89 Å². The van der Waals surface area contributed by atoms with Crippen LogP contribution in [0, 0.1) is 0 Å². The SMILES string of the molecule is c1ccc2c(c1)C[C@@H](c1nc(CCn3cccn3)no1)S2. The lowest BCUT2D eigenvalue weighted by Crippen LogP contribution is -2.03. The maximum absolute atomic E-state index is 5.44. The molecular formula is C15H14N4OS. The van der Waals surface area contributed by atoms with Crippen molar-refractivity contribution in [2.75, 3.05) is 0 Å². The molecule has 1 aromatic carbocycles. The second-order valence-electron chi connectivity index (χ2n) is 4.99. The summed E-state index contributed by atoms with van der Waals surface area (Å²) in [5, 5.41) is 8.50. The molecule has 2 aromatic heterocycles. The molecule has 0 fully saturated rings. The van der Waals surface area contributed by atoms with Crippen molar-refractivity contribution in [3.63, 3.8) is 0 Å². The van der Waals surface area contributed by atoms with Crippen LogP contribution in [0.1, 0.15) is 22.5 Å². The summed E-state index contributed by atoms with van der Waals surface area (Å²) in [5.74, 6) is 1.48. The van der Waals surface area contributed by atoms with Gasteiger partial charge in [0, 0.05) is 30.3 Å². The Kier molecular flexibility index (Phi) is 3.23. The molecule has 4 rings (SSSR count). The molecule has 0 N–H and O–H groups in total. The largest absolute Gasteiger partial charge is 0.338 e. The lowest BCUT2D eigenvalue weighted by Gasteiger charge is -2.00. The second-order valence-corrected chi connectivity index (χ2v) is 6.23. The molecule has 0 bridgehead atoms. The van der Waals surface area contributed by atoms with E-state index in [0.29, 0.717) is 0 Å². The summed E-state index contributed by atoms with van der Waals surface area (Å²) in [6.07, 6.45) is 5.40. The van der Waals surface area contributed by atoms with Crippen molar-refractivity contribution < 1.29 is 4.52 Å². The lowest BCUT2D eigenvalue weighted by atomic mass is 10.1. The number of rotatable bonds is 4. The van der Waals surface area contributed by atoms with E-state index in [1.807, 2.05) is 16.9 Å². The van der Waals surface area contributed by atoms with E-state index in [9.17, 15) is 0 Å². The summed E-state index contributed by atoms with van der Waals surface area (Å²) >= 11 is 1.80. The molecule has 5 nitrogen and oxygen atoms in total. The average molecular weight is 298 g/mol. The van der Waals surface area contributed by atoms with Crippen molar-refractivity contribution in [2.45, 2.75) is 29.5 Å². The predicted octanol–water partition coefficient (Wildman–Crippen LogP) is 2.90. The number of aromatic nitrogens is 4. The highest BCUT2D eigenvalue weighted by Crippen LogP contribution is 2.45. The van der Waals surface area contributed by atoms with Gasteiger partial charge in [0.05, 0.1) is 5.25 Å². The summed E-state index contributed by atoms with van der Waals surface area (Å²) in [7, 11) is 0. The second kappa shape index (κ2) is 5.37. The van der Waals surface area contributed by atoms with Gasteiger partial charge in [-0.1, -0.05) is 23.4 Å². The molecule has 0 saturated carbocycles. The highest BCUT2D eigenvalue weighted by Gasteiger charge is 2.27. The van der Waals surface area contributed by atoms with Gasteiger partial charge in [-0.15, -0.1) is 11.8 Å². The van der Waals surface area contributed by atoms with Gasteiger partial charge in [-0.25, -0.2) is 0 Å². The maximum atomic E-state index is 5.44. The molecule has 0 saturated heterocycles. The zero-order valence-electron chi connectivity index (χ0n) is 11.3. The summed E-state index contributed by atoms with van der Waals surface area (Å²) in [6.45, 7) is 0.768. The van der Waals surface area contributed by atoms with Crippen LogP contribution < -0.4 is 0 Å². The minimum Gasteiger partial charge on any atom is -0.338 e. The van der Waals surface area contributed by atoms with Crippen molar-refractivity contribution in [3.8, 4) is 0 Å². The van der Waals surface area contributed by atoms with Gasteiger partial charge >= 0.3 is 0 Å². The number of thioether (sulfide) groups is 1. The molecule has 0 aliphatic carbocycles. The molecule has 1 aliphatic heterocycles. The highest BCUT2D eigenvalue weighted by molar-refractivity contribution is 7.99. The van der Waals surface area contributed by atoms with Crippen LogP contribution in [0.25, 0.3) is 0 Å². The monoisotopic (exact) mass is 298 g/mol. The smallest absolute Gasteiger partial charge is 0.240 e. The van der Waals surface area contributed by atoms with Gasteiger partial charge in [-0.2, -0.15) is 10.1 Å². The third kappa shape index (κ3) is 2.58. The Morgan fingerprint density at radius 1 is 1.29 bits per heavy atom. The quantitative estimate of drug-likeness (QED) is 0.741. The Balaban J connectivity index is 1.44. The zero-order valence-corrected chi connectivity index (χ0v) is 12.2. The normalized spacial score (nSPS) is 17.0. The number of fused-ring (bicyclic) bond motifs is 1. The van der Waals surface area contributed by atoms with Crippen LogP contribution in [-0.4, -0.2) is 19.9 Å². The zero-order chi connectivity index (χ0) is 14.1. The predicted molar refractivity (Wildman–Crippen MR) is 79.0 cm³/mol. The first-order chi connectivity index (χ1) is 10.4. The van der Waals surface area contributed by atoms with Crippen LogP contribution in [0.4, 0.5) is 0 Å². The van der Waals surface area contributed by atoms with E-state index < -0.39 is 0 Å². The number of aryl methyl sites for hydroxylation is 2. The van der Waals surface area contributed by atoms with Crippen molar-refractivity contribution in [3.05, 3.63) is 60.0 Å². The number of hydrogen-bond donors (Lipinski definition) is 0. The van der Waals surface area contributed by atoms with E-state index in [4.69, 9.17) is 4.52 Å². The van der Waals surface area contributed by atoms with Gasteiger partial charge in [0.15, 0.2) is 5.82 Å². The third-order valence-electron chi connectivity index (χ3n) is 3.53. The standard InChI is InChI=1S/C15H14N4OS/c1-2-5-12-11(4-1)10-13(21-12)15-17-14(18-20-15)6-9-19-8-3-7-16-19/h1-5,7-8,13H,6,9-10H2/t13-/m0/s1. The summed E-state index contributed by atoms with van der Waals surface area (Å²) in [5.41, 5.74) is 1.36. The molecule has 1 atom stereocenters. The van der Waals surface area contributed by atoms with Crippen LogP contribution in [0.2, 0.25) is 0 Å². The summed E-state index contributed by atoms with van der Waals surface area (Å²) < 4.78 is 7.31. The summed E-state index contributed by atoms with van der Waals surface area (Å²) in [4.78, 5) is 5.85. The first-order valence-corrected chi connectivity index (χ1v) is 7.81. The van der Waals surface area contributed by atoms with Gasteiger partial charge in [0.1, 0.15) is 0 Å². The Labute approximate surface area is 126 Å². The van der Waals surface area contributed by atoms with Crippen LogP contribution in [0.5, 0.6) is 0 Å². The molecule has 106 valence electrons. The molecule has 21 heavy (non-hydrogen) atoms. The number of nitrogens with zero attached hydrogens (tertiary/aromatic N) is 4. The van der Waals surface area contributed by atoms with Crippen LogP contribution in [0.15, 0.2) is 52.1 Å². The van der Waals surface area contributed by atoms with E-state index in [2.05, 4.69) is 39.5 Å². The number of benzene rings is 1. The van der Waals surface area contributed by atoms with Crippen molar-refractivity contribution >= 4 is 11.8 Å². The molecule has 0 spiro atoms. The molecule has 0 amide bonds. The van der Waals surface area contributed by atoms with Crippen molar-refractivity contribution in [1.29, 1.82) is 0 Å². The van der Waals surface area contributed by atoms with Crippen LogP contribution >= 0.6 is 11.8 Å². The van der Waals surface area contributed by atoms with E-state index in [0.717, 1.165) is 31.1 Å². The first kappa shape index (κ1) is 12.6. The van der Waals surface area contributed by atoms with E-state index in [-0.39, 0.29) is 5.25 Å². The number of hydrogen-bond acceptors (Lipinski definition) is 5. The topological polar surface area (TPSA) is 56.7 Å². The van der Waals surface area contributed by atoms with Crippen LogP contribution in [-0.2, 0) is 19.4 Å². The van der Waals surface area contributed by atoms with E-state index >= 15 is 0 Å². The van der Waals surface area contributed by atoms with Crippen molar-refractivity contribution in [2.24, 2.45) is 0 Å². The lowest BCUT2D eigenvalue weighted by molar-refractivity contribution is 0.370. The molecule has 6 heteroatoms. The fourth-order valence-electron chi connectivity index (χ4n) is 2.47. The summed E-state index contributed by atoms with van der Waals surface area (Å²) in [6, 6.07) is 10.4. The van der Waals surface area contributed by atoms with Crippen molar-refractivity contribution in [1.82, 2.24) is 19.9 Å². The van der Waals surface area contributed by atoms with Gasteiger partial charge in [0.25, 0.3) is 0 Å². The van der Waals surface area contributed by atoms with E-state index in [1.165, 1.54) is 10.5 Å². The molecule has 1 aliphatic rings. The maximum Gasteiger partial charge on any atom is 0.240 e. The fourth-order valence-corrected chi connectivity index (χ4v) is 3.69.